The number of benzene rings is 1. The van der Waals surface area contributed by atoms with Crippen molar-refractivity contribution < 1.29 is 9.47 Å². The highest BCUT2D eigenvalue weighted by Crippen LogP contribution is 2.38. The van der Waals surface area contributed by atoms with Gasteiger partial charge in [0.1, 0.15) is 11.5 Å². The largest absolute Gasteiger partial charge is 0.497 e. The fourth-order valence-electron chi connectivity index (χ4n) is 2.20. The van der Waals surface area contributed by atoms with E-state index in [1.807, 2.05) is 30.6 Å². The second kappa shape index (κ2) is 4.59. The Hall–Kier alpha value is -2.01. The molecule has 0 spiro atoms. The summed E-state index contributed by atoms with van der Waals surface area (Å²) in [6.45, 7) is 2.10. The standard InChI is InChI=1S/C14H14N2O2S/c1-9-13(16-7-6-15-14(16)19-9)11-5-4-10(17-2)8-12(11)18-3/h4-8H,1-3H3. The zero-order chi connectivity index (χ0) is 13.4. The number of hydrogen-bond acceptors (Lipinski definition) is 4. The summed E-state index contributed by atoms with van der Waals surface area (Å²) in [5.74, 6) is 1.59. The van der Waals surface area contributed by atoms with Gasteiger partial charge in [0.25, 0.3) is 0 Å². The van der Waals surface area contributed by atoms with Crippen molar-refractivity contribution >= 4 is 16.3 Å². The first-order chi connectivity index (χ1) is 9.24. The van der Waals surface area contributed by atoms with E-state index in [2.05, 4.69) is 16.3 Å². The lowest BCUT2D eigenvalue weighted by Crippen LogP contribution is -1.93. The summed E-state index contributed by atoms with van der Waals surface area (Å²) in [5, 5.41) is 0. The Kier molecular flexibility index (Phi) is 2.91. The third kappa shape index (κ3) is 1.86. The molecule has 2 aromatic heterocycles. The Balaban J connectivity index is 2.26. The molecule has 0 saturated carbocycles. The molecule has 1 aromatic carbocycles. The van der Waals surface area contributed by atoms with Gasteiger partial charge in [-0.2, -0.15) is 0 Å². The Morgan fingerprint density at radius 2 is 2.05 bits per heavy atom. The summed E-state index contributed by atoms with van der Waals surface area (Å²) in [6.07, 6.45) is 3.78. The van der Waals surface area contributed by atoms with Crippen LogP contribution in [0.1, 0.15) is 4.88 Å². The number of methoxy groups -OCH3 is 2. The lowest BCUT2D eigenvalue weighted by atomic mass is 10.1. The second-order valence-corrected chi connectivity index (χ2v) is 5.33. The van der Waals surface area contributed by atoms with Crippen molar-refractivity contribution in [3.8, 4) is 22.8 Å². The number of thiazole rings is 1. The van der Waals surface area contributed by atoms with Crippen LogP contribution in [0.2, 0.25) is 0 Å². The smallest absolute Gasteiger partial charge is 0.194 e. The van der Waals surface area contributed by atoms with E-state index in [1.54, 1.807) is 25.6 Å². The van der Waals surface area contributed by atoms with Gasteiger partial charge < -0.3 is 9.47 Å². The van der Waals surface area contributed by atoms with Gasteiger partial charge >= 0.3 is 0 Å². The monoisotopic (exact) mass is 274 g/mol. The highest BCUT2D eigenvalue weighted by atomic mass is 32.1. The molecule has 0 bridgehead atoms. The van der Waals surface area contributed by atoms with Gasteiger partial charge in [-0.25, -0.2) is 4.98 Å². The number of aryl methyl sites for hydroxylation is 1. The molecule has 5 heteroatoms. The third-order valence-corrected chi connectivity index (χ3v) is 4.07. The average molecular weight is 274 g/mol. The molecule has 19 heavy (non-hydrogen) atoms. The van der Waals surface area contributed by atoms with Crippen molar-refractivity contribution in [2.75, 3.05) is 14.2 Å². The number of rotatable bonds is 3. The van der Waals surface area contributed by atoms with E-state index in [0.717, 1.165) is 27.7 Å². The quantitative estimate of drug-likeness (QED) is 0.734. The first-order valence-electron chi connectivity index (χ1n) is 5.89. The first-order valence-corrected chi connectivity index (χ1v) is 6.71. The molecule has 0 radical (unpaired) electrons. The van der Waals surface area contributed by atoms with Crippen molar-refractivity contribution in [3.05, 3.63) is 35.5 Å². The van der Waals surface area contributed by atoms with Crippen LogP contribution in [0, 0.1) is 6.92 Å². The molecule has 0 aliphatic carbocycles. The first kappa shape index (κ1) is 12.0. The van der Waals surface area contributed by atoms with Gasteiger partial charge in [-0.1, -0.05) is 0 Å². The zero-order valence-corrected chi connectivity index (χ0v) is 11.8. The maximum atomic E-state index is 5.48. The van der Waals surface area contributed by atoms with Crippen LogP contribution in [0.3, 0.4) is 0 Å². The number of hydrogen-bond donors (Lipinski definition) is 0. The zero-order valence-electron chi connectivity index (χ0n) is 11.0. The van der Waals surface area contributed by atoms with Gasteiger partial charge in [0, 0.05) is 28.9 Å². The topological polar surface area (TPSA) is 35.8 Å². The Bertz CT molecular complexity index is 730. The van der Waals surface area contributed by atoms with Crippen LogP contribution in [0.25, 0.3) is 16.2 Å². The Morgan fingerprint density at radius 3 is 2.79 bits per heavy atom. The van der Waals surface area contributed by atoms with Crippen molar-refractivity contribution in [3.63, 3.8) is 0 Å². The van der Waals surface area contributed by atoms with Crippen molar-refractivity contribution in [1.82, 2.24) is 9.38 Å². The fourth-order valence-corrected chi connectivity index (χ4v) is 3.15. The normalized spacial score (nSPS) is 10.9. The fraction of sp³-hybridized carbons (Fsp3) is 0.214. The van der Waals surface area contributed by atoms with Crippen LogP contribution in [0.4, 0.5) is 0 Å². The SMILES string of the molecule is COc1ccc(-c2c(C)sc3nccn23)c(OC)c1. The van der Waals surface area contributed by atoms with Crippen molar-refractivity contribution in [1.29, 1.82) is 0 Å². The molecule has 0 saturated heterocycles. The second-order valence-electron chi connectivity index (χ2n) is 4.15. The molecule has 0 N–H and O–H groups in total. The van der Waals surface area contributed by atoms with Gasteiger partial charge in [-0.3, -0.25) is 4.40 Å². The van der Waals surface area contributed by atoms with Gasteiger partial charge in [0.05, 0.1) is 19.9 Å². The van der Waals surface area contributed by atoms with E-state index in [0.29, 0.717) is 0 Å². The van der Waals surface area contributed by atoms with Crippen LogP contribution in [-0.4, -0.2) is 23.6 Å². The molecule has 0 aliphatic rings. The molecule has 0 unspecified atom stereocenters. The van der Waals surface area contributed by atoms with Gasteiger partial charge in [-0.15, -0.1) is 11.3 Å². The minimum Gasteiger partial charge on any atom is -0.497 e. The number of nitrogens with zero attached hydrogens (tertiary/aromatic N) is 2. The molecule has 0 fully saturated rings. The van der Waals surface area contributed by atoms with Crippen LogP contribution < -0.4 is 9.47 Å². The van der Waals surface area contributed by atoms with E-state index >= 15 is 0 Å². The van der Waals surface area contributed by atoms with E-state index in [1.165, 1.54) is 4.88 Å². The maximum absolute atomic E-state index is 5.48. The number of ether oxygens (including phenoxy) is 2. The van der Waals surface area contributed by atoms with Crippen LogP contribution in [0.15, 0.2) is 30.6 Å². The minimum absolute atomic E-state index is 0.787. The number of aromatic nitrogens is 2. The molecular formula is C14H14N2O2S. The van der Waals surface area contributed by atoms with E-state index in [9.17, 15) is 0 Å². The number of fused-ring (bicyclic) bond motifs is 1. The average Bonchev–Trinajstić information content (AvgIpc) is 2.98. The van der Waals surface area contributed by atoms with Gasteiger partial charge in [0.2, 0.25) is 0 Å². The van der Waals surface area contributed by atoms with E-state index in [4.69, 9.17) is 9.47 Å². The molecule has 3 aromatic rings. The Labute approximate surface area is 115 Å². The highest BCUT2D eigenvalue weighted by Gasteiger charge is 2.16. The Morgan fingerprint density at radius 1 is 1.21 bits per heavy atom. The lowest BCUT2D eigenvalue weighted by Gasteiger charge is -2.10. The summed E-state index contributed by atoms with van der Waals surface area (Å²) in [7, 11) is 3.32. The van der Waals surface area contributed by atoms with Gasteiger partial charge in [-0.05, 0) is 19.1 Å². The number of imidazole rings is 1. The summed E-state index contributed by atoms with van der Waals surface area (Å²) in [5.41, 5.74) is 2.17. The summed E-state index contributed by atoms with van der Waals surface area (Å²) >= 11 is 1.67. The van der Waals surface area contributed by atoms with Crippen molar-refractivity contribution in [2.45, 2.75) is 6.92 Å². The van der Waals surface area contributed by atoms with Crippen LogP contribution in [0.5, 0.6) is 11.5 Å². The molecule has 4 nitrogen and oxygen atoms in total. The van der Waals surface area contributed by atoms with Crippen molar-refractivity contribution in [2.24, 2.45) is 0 Å². The predicted octanol–water partition coefficient (Wildman–Crippen LogP) is 3.39. The molecular weight excluding hydrogens is 260 g/mol. The molecule has 3 rings (SSSR count). The third-order valence-electron chi connectivity index (χ3n) is 3.09. The summed E-state index contributed by atoms with van der Waals surface area (Å²) < 4.78 is 12.8. The predicted molar refractivity (Wildman–Crippen MR) is 76.3 cm³/mol. The molecule has 0 amide bonds. The van der Waals surface area contributed by atoms with E-state index in [-0.39, 0.29) is 0 Å². The van der Waals surface area contributed by atoms with Crippen LogP contribution >= 0.6 is 11.3 Å². The molecule has 0 atom stereocenters. The minimum atomic E-state index is 0.787. The van der Waals surface area contributed by atoms with E-state index < -0.39 is 0 Å². The molecule has 2 heterocycles. The summed E-state index contributed by atoms with van der Waals surface area (Å²) in [4.78, 5) is 6.54. The maximum Gasteiger partial charge on any atom is 0.194 e. The highest BCUT2D eigenvalue weighted by molar-refractivity contribution is 7.17. The lowest BCUT2D eigenvalue weighted by molar-refractivity contribution is 0.395. The summed E-state index contributed by atoms with van der Waals surface area (Å²) in [6, 6.07) is 5.86. The van der Waals surface area contributed by atoms with Gasteiger partial charge in [0.15, 0.2) is 4.96 Å². The van der Waals surface area contributed by atoms with Crippen LogP contribution in [-0.2, 0) is 0 Å². The molecule has 0 aliphatic heterocycles. The molecule has 98 valence electrons.